The lowest BCUT2D eigenvalue weighted by atomic mass is 10.1. The number of nitrogens with zero attached hydrogens (tertiary/aromatic N) is 1. The van der Waals surface area contributed by atoms with Gasteiger partial charge in [0.2, 0.25) is 10.0 Å². The predicted octanol–water partition coefficient (Wildman–Crippen LogP) is 3.51. The normalized spacial score (nSPS) is 11.7. The fraction of sp³-hybridized carbons (Fsp3) is 0.227. The number of rotatable bonds is 7. The summed E-state index contributed by atoms with van der Waals surface area (Å²) >= 11 is 0. The largest absolute Gasteiger partial charge is 0.507 e. The maximum atomic E-state index is 12.5. The quantitative estimate of drug-likeness (QED) is 0.622. The maximum Gasteiger partial charge on any atom is 0.255 e. The molecule has 2 N–H and O–H groups in total. The van der Waals surface area contributed by atoms with Gasteiger partial charge in [-0.1, -0.05) is 50.2 Å². The summed E-state index contributed by atoms with van der Waals surface area (Å²) in [7, 11) is -3.51. The van der Waals surface area contributed by atoms with E-state index in [1.54, 1.807) is 50.2 Å². The fourth-order valence-electron chi connectivity index (χ4n) is 3.18. The van der Waals surface area contributed by atoms with Crippen molar-refractivity contribution < 1.29 is 18.3 Å². The molecule has 6 nitrogen and oxygen atoms in total. The first-order valence-corrected chi connectivity index (χ1v) is 10.9. The SMILES string of the molecule is CCN(CC)S(=O)(=O)c1ccc(CNC(=O)c2cc3ccccc3cc2O)cc1. The van der Waals surface area contributed by atoms with Crippen LogP contribution in [0.2, 0.25) is 0 Å². The van der Waals surface area contributed by atoms with Crippen molar-refractivity contribution in [2.24, 2.45) is 0 Å². The van der Waals surface area contributed by atoms with Gasteiger partial charge in [0.15, 0.2) is 0 Å². The van der Waals surface area contributed by atoms with Gasteiger partial charge in [-0.3, -0.25) is 4.79 Å². The molecule has 0 radical (unpaired) electrons. The van der Waals surface area contributed by atoms with Crippen molar-refractivity contribution in [2.75, 3.05) is 13.1 Å². The number of hydrogen-bond acceptors (Lipinski definition) is 4. The molecule has 3 aromatic carbocycles. The van der Waals surface area contributed by atoms with Crippen LogP contribution < -0.4 is 5.32 Å². The molecule has 0 atom stereocenters. The number of amides is 1. The number of hydrogen-bond donors (Lipinski definition) is 2. The molecule has 0 aliphatic rings. The van der Waals surface area contributed by atoms with Crippen molar-refractivity contribution in [3.05, 3.63) is 71.8 Å². The van der Waals surface area contributed by atoms with Crippen LogP contribution in [0.1, 0.15) is 29.8 Å². The zero-order chi connectivity index (χ0) is 21.0. The summed E-state index contributed by atoms with van der Waals surface area (Å²) in [4.78, 5) is 12.7. The third kappa shape index (κ3) is 4.41. The molecule has 0 unspecified atom stereocenters. The van der Waals surface area contributed by atoms with Gasteiger partial charge in [-0.15, -0.1) is 0 Å². The van der Waals surface area contributed by atoms with E-state index in [4.69, 9.17) is 0 Å². The van der Waals surface area contributed by atoms with Gasteiger partial charge >= 0.3 is 0 Å². The molecule has 0 aliphatic heterocycles. The molecular weight excluding hydrogens is 388 g/mol. The highest BCUT2D eigenvalue weighted by atomic mass is 32.2. The molecule has 0 spiro atoms. The van der Waals surface area contributed by atoms with Crippen LogP contribution in [0.15, 0.2) is 65.6 Å². The van der Waals surface area contributed by atoms with Crippen LogP contribution >= 0.6 is 0 Å². The Morgan fingerprint density at radius 3 is 2.14 bits per heavy atom. The number of carbonyl (C=O) groups excluding carboxylic acids is 1. The second-order valence-electron chi connectivity index (χ2n) is 6.63. The van der Waals surface area contributed by atoms with Gasteiger partial charge in [0.25, 0.3) is 5.91 Å². The number of sulfonamides is 1. The summed E-state index contributed by atoms with van der Waals surface area (Å²) < 4.78 is 26.5. The molecule has 7 heteroatoms. The highest BCUT2D eigenvalue weighted by Crippen LogP contribution is 2.25. The number of carbonyl (C=O) groups is 1. The van der Waals surface area contributed by atoms with Crippen LogP contribution in [-0.2, 0) is 16.6 Å². The van der Waals surface area contributed by atoms with E-state index >= 15 is 0 Å². The second-order valence-corrected chi connectivity index (χ2v) is 8.57. The molecule has 0 fully saturated rings. The molecule has 29 heavy (non-hydrogen) atoms. The Kier molecular flexibility index (Phi) is 6.20. The van der Waals surface area contributed by atoms with Gasteiger partial charge in [0, 0.05) is 19.6 Å². The first-order valence-electron chi connectivity index (χ1n) is 9.45. The zero-order valence-electron chi connectivity index (χ0n) is 16.4. The third-order valence-electron chi connectivity index (χ3n) is 4.83. The number of nitrogens with one attached hydrogen (secondary N) is 1. The highest BCUT2D eigenvalue weighted by molar-refractivity contribution is 7.89. The molecule has 0 aliphatic carbocycles. The van der Waals surface area contributed by atoms with E-state index in [9.17, 15) is 18.3 Å². The van der Waals surface area contributed by atoms with E-state index < -0.39 is 15.9 Å². The van der Waals surface area contributed by atoms with Crippen molar-refractivity contribution >= 4 is 26.7 Å². The van der Waals surface area contributed by atoms with E-state index in [2.05, 4.69) is 5.32 Å². The van der Waals surface area contributed by atoms with E-state index in [0.717, 1.165) is 16.3 Å². The Bertz CT molecular complexity index is 1120. The minimum absolute atomic E-state index is 0.0816. The molecule has 0 aromatic heterocycles. The number of benzene rings is 3. The lowest BCUT2D eigenvalue weighted by molar-refractivity contribution is 0.0948. The van der Waals surface area contributed by atoms with Crippen LogP contribution in [-0.4, -0.2) is 36.8 Å². The standard InChI is InChI=1S/C22H24N2O4S/c1-3-24(4-2)29(27,28)19-11-9-16(10-12-19)15-23-22(26)20-13-17-7-5-6-8-18(17)14-21(20)25/h5-14,25H,3-4,15H2,1-2H3,(H,23,26). The van der Waals surface area contributed by atoms with Crippen molar-refractivity contribution in [2.45, 2.75) is 25.3 Å². The third-order valence-corrected chi connectivity index (χ3v) is 6.89. The van der Waals surface area contributed by atoms with E-state index in [1.807, 2.05) is 24.3 Å². The molecule has 0 saturated carbocycles. The fourth-order valence-corrected chi connectivity index (χ4v) is 4.64. The van der Waals surface area contributed by atoms with Gasteiger partial charge in [-0.25, -0.2) is 8.42 Å². The molecule has 152 valence electrons. The van der Waals surface area contributed by atoms with Crippen LogP contribution in [0.25, 0.3) is 10.8 Å². The number of fused-ring (bicyclic) bond motifs is 1. The molecule has 0 bridgehead atoms. The Hall–Kier alpha value is -2.90. The number of phenols is 1. The highest BCUT2D eigenvalue weighted by Gasteiger charge is 2.21. The Balaban J connectivity index is 1.72. The van der Waals surface area contributed by atoms with Crippen LogP contribution in [0.3, 0.4) is 0 Å². The van der Waals surface area contributed by atoms with E-state index in [1.165, 1.54) is 4.31 Å². The van der Waals surface area contributed by atoms with E-state index in [-0.39, 0.29) is 22.8 Å². The van der Waals surface area contributed by atoms with Crippen LogP contribution in [0.4, 0.5) is 0 Å². The number of aromatic hydroxyl groups is 1. The van der Waals surface area contributed by atoms with Gasteiger partial charge in [-0.2, -0.15) is 4.31 Å². The monoisotopic (exact) mass is 412 g/mol. The minimum Gasteiger partial charge on any atom is -0.507 e. The van der Waals surface area contributed by atoms with Gasteiger partial charge < -0.3 is 10.4 Å². The molecule has 1 amide bonds. The van der Waals surface area contributed by atoms with Gasteiger partial charge in [-0.05, 0) is 40.6 Å². The smallest absolute Gasteiger partial charge is 0.255 e. The van der Waals surface area contributed by atoms with Crippen molar-refractivity contribution in [3.63, 3.8) is 0 Å². The Morgan fingerprint density at radius 2 is 1.55 bits per heavy atom. The van der Waals surface area contributed by atoms with Crippen molar-refractivity contribution in [3.8, 4) is 5.75 Å². The average Bonchev–Trinajstić information content (AvgIpc) is 2.72. The first-order chi connectivity index (χ1) is 13.9. The summed E-state index contributed by atoms with van der Waals surface area (Å²) in [6.45, 7) is 4.63. The first kappa shape index (κ1) is 20.8. The maximum absolute atomic E-state index is 12.5. The summed E-state index contributed by atoms with van der Waals surface area (Å²) in [6, 6.07) is 17.1. The van der Waals surface area contributed by atoms with Crippen LogP contribution in [0.5, 0.6) is 5.75 Å². The summed E-state index contributed by atoms with van der Waals surface area (Å²) in [6.07, 6.45) is 0. The lowest BCUT2D eigenvalue weighted by Gasteiger charge is -2.18. The molecule has 0 heterocycles. The Labute approximate surface area is 170 Å². The van der Waals surface area contributed by atoms with Crippen LogP contribution in [0, 0.1) is 0 Å². The molecule has 3 rings (SSSR count). The van der Waals surface area contributed by atoms with Gasteiger partial charge in [0.05, 0.1) is 10.5 Å². The summed E-state index contributed by atoms with van der Waals surface area (Å²) in [5, 5.41) is 14.6. The Morgan fingerprint density at radius 1 is 0.966 bits per heavy atom. The van der Waals surface area contributed by atoms with Crippen molar-refractivity contribution in [1.29, 1.82) is 0 Å². The predicted molar refractivity (Wildman–Crippen MR) is 113 cm³/mol. The molecule has 0 saturated heterocycles. The lowest BCUT2D eigenvalue weighted by Crippen LogP contribution is -2.30. The van der Waals surface area contributed by atoms with Gasteiger partial charge in [0.1, 0.15) is 5.75 Å². The average molecular weight is 413 g/mol. The molecule has 3 aromatic rings. The summed E-state index contributed by atoms with van der Waals surface area (Å²) in [5.41, 5.74) is 0.960. The number of phenolic OH excluding ortho intramolecular Hbond substituents is 1. The molecular formula is C22H24N2O4S. The summed E-state index contributed by atoms with van der Waals surface area (Å²) in [5.74, 6) is -0.477. The van der Waals surface area contributed by atoms with Crippen molar-refractivity contribution in [1.82, 2.24) is 9.62 Å². The second kappa shape index (κ2) is 8.63. The minimum atomic E-state index is -3.51. The van der Waals surface area contributed by atoms with E-state index in [0.29, 0.717) is 13.1 Å². The zero-order valence-corrected chi connectivity index (χ0v) is 17.2. The topological polar surface area (TPSA) is 86.7 Å².